The summed E-state index contributed by atoms with van der Waals surface area (Å²) >= 11 is 0. The number of ketones is 6. The zero-order valence-electron chi connectivity index (χ0n) is 57.9. The summed E-state index contributed by atoms with van der Waals surface area (Å²) in [6.07, 6.45) is -1.50. The standard InChI is InChI=1S/C38H60N6O14.C28H43N3O7.4CH4/c1-23(37(55)39-17-20-58-22-21-57-8)9-12-32(51)41-31(38(56)44(29(7)50)19-16-35(54)43(28(6)49)18-15-24(2)45)11-14-33(52)40-30(25(3)46)10-13-34(53)42-36(26(4)47)27(5)48;1-5-37-13-14-38-19-27(35)30-18-23(32)17-22(16-21-9-7-6-8-10-21)28(36)31-24(15-20(2)3)25(33)11-12-26(34)29-4;;;;/h23,30-31,36H,9-22H2,1-8H3,(H,39,55)(H,40,52)(H,41,51)(H,42,53);6-10,20,22,24H,5,11-19H2,1-4H3,(H,29,34)(H,30,35)(H,31,36);4*1H4. The average Bonchev–Trinajstić information content (AvgIpc) is 0.869. The number of carbonyl (C=O) groups excluding carboxylic acids is 17. The van der Waals surface area contributed by atoms with E-state index in [1.807, 2.05) is 51.1 Å². The molecule has 100 heavy (non-hydrogen) atoms. The van der Waals surface area contributed by atoms with Gasteiger partial charge in [0.25, 0.3) is 5.91 Å². The van der Waals surface area contributed by atoms with E-state index in [9.17, 15) is 81.5 Å². The summed E-state index contributed by atoms with van der Waals surface area (Å²) in [5, 5.41) is 17.8. The minimum Gasteiger partial charge on any atom is -0.382 e. The Morgan fingerprint density at radius 2 is 1.05 bits per heavy atom. The van der Waals surface area contributed by atoms with Gasteiger partial charge in [-0.3, -0.25) is 91.3 Å². The molecule has 30 nitrogen and oxygen atoms in total. The van der Waals surface area contributed by atoms with E-state index in [2.05, 4.69) is 37.2 Å². The lowest BCUT2D eigenvalue weighted by atomic mass is 9.91. The molecule has 0 spiro atoms. The van der Waals surface area contributed by atoms with Crippen LogP contribution in [0.1, 0.15) is 182 Å². The van der Waals surface area contributed by atoms with E-state index in [1.54, 1.807) is 6.92 Å². The molecule has 5 unspecified atom stereocenters. The Morgan fingerprint density at radius 3 is 1.58 bits per heavy atom. The minimum atomic E-state index is -1.51. The fraction of sp³-hybridized carbons (Fsp3) is 0.671. The zero-order valence-corrected chi connectivity index (χ0v) is 57.9. The van der Waals surface area contributed by atoms with Crippen molar-refractivity contribution in [2.75, 3.05) is 86.6 Å². The summed E-state index contributed by atoms with van der Waals surface area (Å²) in [6.45, 7) is 15.5. The van der Waals surface area contributed by atoms with Crippen LogP contribution < -0.4 is 37.2 Å². The summed E-state index contributed by atoms with van der Waals surface area (Å²) < 4.78 is 20.5. The Labute approximate surface area is 591 Å². The number of benzene rings is 1. The molecule has 0 aliphatic rings. The molecular formula is C70H119N9O21. The Bertz CT molecular complexity index is 2750. The molecule has 0 fully saturated rings. The van der Waals surface area contributed by atoms with Crippen molar-refractivity contribution in [3.63, 3.8) is 0 Å². The third-order valence-corrected chi connectivity index (χ3v) is 14.4. The molecule has 1 aromatic rings. The van der Waals surface area contributed by atoms with Crippen LogP contribution in [0.3, 0.4) is 0 Å². The largest absolute Gasteiger partial charge is 0.382 e. The number of imide groups is 2. The summed E-state index contributed by atoms with van der Waals surface area (Å²) in [6, 6.07) is 4.50. The molecule has 1 rings (SSSR count). The molecule has 30 heteroatoms. The van der Waals surface area contributed by atoms with Gasteiger partial charge in [0.1, 0.15) is 24.5 Å². The van der Waals surface area contributed by atoms with Crippen LogP contribution >= 0.6 is 0 Å². The van der Waals surface area contributed by atoms with Crippen molar-refractivity contribution in [1.29, 1.82) is 0 Å². The minimum absolute atomic E-state index is 0. The SMILES string of the molecule is C.C.C.C.CCOCCOCC(=O)NCC(=O)CC(Cc1ccccc1)C(=O)NC(CC(C)C)C(=O)CCC(=O)NC.COCCOCCNC(=O)C(C)CCC(=O)NC(CCC(=O)NC(CCC(=O)NC(C(C)=O)C(C)=O)C(C)=O)C(=O)N(CCC(=O)N(CCC(C)=O)C(C)=O)C(C)=O. The van der Waals surface area contributed by atoms with Gasteiger partial charge in [0.05, 0.1) is 51.7 Å². The number of methoxy groups -OCH3 is 1. The fourth-order valence-electron chi connectivity index (χ4n) is 9.01. The van der Waals surface area contributed by atoms with Crippen molar-refractivity contribution in [3.05, 3.63) is 35.9 Å². The Kier molecular flexibility index (Phi) is 57.6. The van der Waals surface area contributed by atoms with E-state index in [-0.39, 0.29) is 156 Å². The average molecular weight is 1420 g/mol. The first-order valence-electron chi connectivity index (χ1n) is 32.2. The zero-order chi connectivity index (χ0) is 72.9. The molecule has 0 radical (unpaired) electrons. The van der Waals surface area contributed by atoms with Crippen molar-refractivity contribution in [2.45, 2.75) is 207 Å². The molecule has 0 aliphatic carbocycles. The second kappa shape index (κ2) is 57.4. The molecule has 0 aliphatic heterocycles. The maximum Gasteiger partial charge on any atom is 0.251 e. The van der Waals surface area contributed by atoms with Gasteiger partial charge in [0, 0.05) is 117 Å². The number of rotatable bonds is 49. The molecule has 0 heterocycles. The second-order valence-electron chi connectivity index (χ2n) is 23.2. The smallest absolute Gasteiger partial charge is 0.251 e. The van der Waals surface area contributed by atoms with E-state index in [0.717, 1.165) is 38.2 Å². The van der Waals surface area contributed by atoms with Crippen LogP contribution in [0.5, 0.6) is 0 Å². The predicted octanol–water partition coefficient (Wildman–Crippen LogP) is 3.23. The first-order valence-corrected chi connectivity index (χ1v) is 32.2. The van der Waals surface area contributed by atoms with Gasteiger partial charge in [-0.15, -0.1) is 0 Å². The van der Waals surface area contributed by atoms with Crippen LogP contribution in [0.25, 0.3) is 0 Å². The summed E-state index contributed by atoms with van der Waals surface area (Å²) in [7, 11) is 3.03. The predicted molar refractivity (Wildman–Crippen MR) is 375 cm³/mol. The van der Waals surface area contributed by atoms with Crippen LogP contribution in [0.15, 0.2) is 30.3 Å². The Balaban J connectivity index is -0.000000624. The highest BCUT2D eigenvalue weighted by Crippen LogP contribution is 2.17. The molecule has 0 bridgehead atoms. The Morgan fingerprint density at radius 1 is 0.510 bits per heavy atom. The van der Waals surface area contributed by atoms with Crippen molar-refractivity contribution in [2.24, 2.45) is 17.8 Å². The molecular weight excluding hydrogens is 1300 g/mol. The lowest BCUT2D eigenvalue weighted by Gasteiger charge is -2.27. The van der Waals surface area contributed by atoms with Crippen molar-refractivity contribution < 1.29 is 100 Å². The van der Waals surface area contributed by atoms with E-state index >= 15 is 0 Å². The van der Waals surface area contributed by atoms with Gasteiger partial charge in [0.15, 0.2) is 28.9 Å². The summed E-state index contributed by atoms with van der Waals surface area (Å²) in [4.78, 5) is 214. The van der Waals surface area contributed by atoms with Gasteiger partial charge < -0.3 is 56.2 Å². The van der Waals surface area contributed by atoms with Crippen molar-refractivity contribution >= 4 is 99.7 Å². The molecule has 1 aromatic carbocycles. The molecule has 11 amide bonds. The maximum absolute atomic E-state index is 13.8. The van der Waals surface area contributed by atoms with Crippen LogP contribution in [0, 0.1) is 17.8 Å². The Hall–Kier alpha value is -8.35. The monoisotopic (exact) mass is 1420 g/mol. The van der Waals surface area contributed by atoms with Crippen LogP contribution in [0.2, 0.25) is 0 Å². The van der Waals surface area contributed by atoms with Crippen LogP contribution in [-0.2, 0) is 107 Å². The molecule has 5 atom stereocenters. The summed E-state index contributed by atoms with van der Waals surface area (Å²) in [5.74, 6) is -10.5. The van der Waals surface area contributed by atoms with Crippen LogP contribution in [0.4, 0.5) is 0 Å². The topological polar surface area (TPSA) is 418 Å². The van der Waals surface area contributed by atoms with Gasteiger partial charge in [0.2, 0.25) is 59.1 Å². The van der Waals surface area contributed by atoms with Gasteiger partial charge in [-0.2, -0.15) is 0 Å². The first-order chi connectivity index (χ1) is 45.3. The van der Waals surface area contributed by atoms with E-state index in [4.69, 9.17) is 18.9 Å². The number of carbonyl (C=O) groups is 17. The number of nitrogens with one attached hydrogen (secondary N) is 7. The van der Waals surface area contributed by atoms with Gasteiger partial charge >= 0.3 is 0 Å². The highest BCUT2D eigenvalue weighted by Gasteiger charge is 2.33. The molecule has 0 aromatic heterocycles. The number of Topliss-reactive ketones (excluding diaryl/α,β-unsaturated/α-hetero) is 6. The number of hydrogen-bond acceptors (Lipinski definition) is 21. The van der Waals surface area contributed by atoms with Crippen LogP contribution in [-0.4, -0.2) is 220 Å². The highest BCUT2D eigenvalue weighted by atomic mass is 16.5. The normalized spacial score (nSPS) is 11.9. The highest BCUT2D eigenvalue weighted by molar-refractivity contribution is 6.07. The third kappa shape index (κ3) is 46.1. The number of ether oxygens (including phenoxy) is 4. The second-order valence-corrected chi connectivity index (χ2v) is 23.2. The molecule has 0 saturated heterocycles. The lowest BCUT2D eigenvalue weighted by Crippen LogP contribution is -2.51. The van der Waals surface area contributed by atoms with Gasteiger partial charge in [-0.25, -0.2) is 0 Å². The molecule has 7 N–H and O–H groups in total. The fourth-order valence-corrected chi connectivity index (χ4v) is 9.01. The number of nitrogens with zero attached hydrogens (tertiary/aromatic N) is 2. The third-order valence-electron chi connectivity index (χ3n) is 14.4. The lowest BCUT2D eigenvalue weighted by molar-refractivity contribution is -0.148. The molecule has 0 saturated carbocycles. The quantitative estimate of drug-likeness (QED) is 0.0364. The van der Waals surface area contributed by atoms with Crippen molar-refractivity contribution in [1.82, 2.24) is 47.0 Å². The summed E-state index contributed by atoms with van der Waals surface area (Å²) in [5.41, 5.74) is 0.874. The number of amides is 11. The molecule has 570 valence electrons. The van der Waals surface area contributed by atoms with Gasteiger partial charge in [-0.1, -0.05) is 80.8 Å². The van der Waals surface area contributed by atoms with Gasteiger partial charge in [-0.05, 0) is 78.2 Å². The first kappa shape index (κ1) is 100. The van der Waals surface area contributed by atoms with E-state index < -0.39 is 132 Å². The maximum atomic E-state index is 13.8. The number of hydrogen-bond donors (Lipinski definition) is 7. The van der Waals surface area contributed by atoms with E-state index in [1.165, 1.54) is 28.0 Å². The van der Waals surface area contributed by atoms with E-state index in [0.29, 0.717) is 44.2 Å². The van der Waals surface area contributed by atoms with Crippen molar-refractivity contribution in [3.8, 4) is 0 Å².